The van der Waals surface area contributed by atoms with Crippen molar-refractivity contribution in [3.8, 4) is 0 Å². The largest absolute Gasteiger partial charge is 0.312 e. The van der Waals surface area contributed by atoms with Crippen LogP contribution in [0.4, 0.5) is 5.69 Å². The second-order valence-corrected chi connectivity index (χ2v) is 6.50. The van der Waals surface area contributed by atoms with Gasteiger partial charge in [0.1, 0.15) is 0 Å². The number of carbonyl (C=O) groups is 1. The highest BCUT2D eigenvalue weighted by Gasteiger charge is 2.22. The van der Waals surface area contributed by atoms with Gasteiger partial charge in [0.25, 0.3) is 0 Å². The molecule has 2 heterocycles. The fourth-order valence-electron chi connectivity index (χ4n) is 3.05. The van der Waals surface area contributed by atoms with Crippen molar-refractivity contribution < 1.29 is 4.79 Å². The molecule has 3 rings (SSSR count). The summed E-state index contributed by atoms with van der Waals surface area (Å²) < 4.78 is 0. The van der Waals surface area contributed by atoms with Crippen molar-refractivity contribution in [3.05, 3.63) is 58.4 Å². The molecule has 1 aromatic carbocycles. The van der Waals surface area contributed by atoms with Gasteiger partial charge in [0.05, 0.1) is 0 Å². The molecule has 0 spiro atoms. The summed E-state index contributed by atoms with van der Waals surface area (Å²) in [6.45, 7) is 11.1. The predicted octanol–water partition coefficient (Wildman–Crippen LogP) is 4.69. The van der Waals surface area contributed by atoms with Gasteiger partial charge in [0.15, 0.2) is 0 Å². The standard InChI is InChI=1S/C13H17NO.C8H11N/c1-3-12(15)14-9-5-8-11-7-4-6-10(2)13(11)14;1-6-4-8(3)9-5-7(6)2/h4,6-7H,3,5,8-9H2,1-2H3;4-5H,1-3H3. The Balaban J connectivity index is 0.000000198. The van der Waals surface area contributed by atoms with Gasteiger partial charge in [-0.15, -0.1) is 0 Å². The lowest BCUT2D eigenvalue weighted by Gasteiger charge is -2.30. The highest BCUT2D eigenvalue weighted by Crippen LogP contribution is 2.30. The average molecular weight is 324 g/mol. The van der Waals surface area contributed by atoms with Crippen LogP contribution in [0, 0.1) is 27.7 Å². The fraction of sp³-hybridized carbons (Fsp3) is 0.429. The maximum absolute atomic E-state index is 11.8. The first kappa shape index (κ1) is 18.2. The van der Waals surface area contributed by atoms with Crippen molar-refractivity contribution in [2.24, 2.45) is 0 Å². The van der Waals surface area contributed by atoms with Crippen LogP contribution in [0.2, 0.25) is 0 Å². The third kappa shape index (κ3) is 4.22. The number of benzene rings is 1. The Labute approximate surface area is 145 Å². The van der Waals surface area contributed by atoms with Crippen LogP contribution in [-0.4, -0.2) is 17.4 Å². The number of carbonyl (C=O) groups excluding carboxylic acids is 1. The van der Waals surface area contributed by atoms with Gasteiger partial charge in [0, 0.05) is 30.5 Å². The predicted molar refractivity (Wildman–Crippen MR) is 101 cm³/mol. The molecule has 0 aliphatic carbocycles. The van der Waals surface area contributed by atoms with Crippen LogP contribution in [0.3, 0.4) is 0 Å². The number of amides is 1. The number of pyridine rings is 1. The Hall–Kier alpha value is -2.16. The highest BCUT2D eigenvalue weighted by molar-refractivity contribution is 5.95. The molecule has 0 saturated carbocycles. The Morgan fingerprint density at radius 3 is 2.50 bits per heavy atom. The van der Waals surface area contributed by atoms with Gasteiger partial charge in [-0.25, -0.2) is 0 Å². The van der Waals surface area contributed by atoms with E-state index in [0.29, 0.717) is 6.42 Å². The number of hydrogen-bond donors (Lipinski definition) is 0. The number of fused-ring (bicyclic) bond motifs is 1. The van der Waals surface area contributed by atoms with Crippen molar-refractivity contribution in [1.82, 2.24) is 4.98 Å². The van der Waals surface area contributed by atoms with Gasteiger partial charge in [-0.2, -0.15) is 0 Å². The monoisotopic (exact) mass is 324 g/mol. The smallest absolute Gasteiger partial charge is 0.226 e. The number of rotatable bonds is 1. The maximum atomic E-state index is 11.8. The SMILES string of the molecule is CCC(=O)N1CCCc2cccc(C)c21.Cc1cc(C)c(C)cn1. The number of para-hydroxylation sites is 1. The van der Waals surface area contributed by atoms with Gasteiger partial charge in [-0.1, -0.05) is 25.1 Å². The molecule has 1 amide bonds. The Kier molecular flexibility index (Phi) is 6.13. The van der Waals surface area contributed by atoms with Crippen LogP contribution in [-0.2, 0) is 11.2 Å². The molecule has 1 aliphatic rings. The van der Waals surface area contributed by atoms with Crippen LogP contribution < -0.4 is 4.90 Å². The van der Waals surface area contributed by atoms with Crippen LogP contribution in [0.1, 0.15) is 47.7 Å². The molecule has 1 aliphatic heterocycles. The Morgan fingerprint density at radius 1 is 1.12 bits per heavy atom. The third-order valence-electron chi connectivity index (χ3n) is 4.53. The van der Waals surface area contributed by atoms with Crippen LogP contribution >= 0.6 is 0 Å². The number of anilines is 1. The Morgan fingerprint density at radius 2 is 1.88 bits per heavy atom. The summed E-state index contributed by atoms with van der Waals surface area (Å²) in [5.74, 6) is 0.241. The summed E-state index contributed by atoms with van der Waals surface area (Å²) >= 11 is 0. The van der Waals surface area contributed by atoms with E-state index in [1.165, 1.54) is 22.3 Å². The van der Waals surface area contributed by atoms with E-state index in [1.807, 2.05) is 24.9 Å². The van der Waals surface area contributed by atoms with E-state index in [0.717, 1.165) is 30.8 Å². The van der Waals surface area contributed by atoms with E-state index in [4.69, 9.17) is 0 Å². The lowest BCUT2D eigenvalue weighted by Crippen LogP contribution is -2.35. The van der Waals surface area contributed by atoms with E-state index in [9.17, 15) is 4.79 Å². The average Bonchev–Trinajstić information content (AvgIpc) is 2.58. The molecule has 0 N–H and O–H groups in total. The van der Waals surface area contributed by atoms with Gasteiger partial charge < -0.3 is 4.90 Å². The molecular weight excluding hydrogens is 296 g/mol. The molecule has 128 valence electrons. The summed E-state index contributed by atoms with van der Waals surface area (Å²) in [7, 11) is 0. The Bertz CT molecular complexity index is 722. The summed E-state index contributed by atoms with van der Waals surface area (Å²) in [6.07, 6.45) is 4.69. The van der Waals surface area contributed by atoms with E-state index >= 15 is 0 Å². The zero-order chi connectivity index (χ0) is 17.7. The normalized spacial score (nSPS) is 13.0. The minimum Gasteiger partial charge on any atom is -0.312 e. The quantitative estimate of drug-likeness (QED) is 0.762. The molecule has 3 nitrogen and oxygen atoms in total. The van der Waals surface area contributed by atoms with E-state index < -0.39 is 0 Å². The fourth-order valence-corrected chi connectivity index (χ4v) is 3.05. The van der Waals surface area contributed by atoms with Gasteiger partial charge in [-0.05, 0) is 68.9 Å². The van der Waals surface area contributed by atoms with Crippen LogP contribution in [0.25, 0.3) is 0 Å². The summed E-state index contributed by atoms with van der Waals surface area (Å²) in [6, 6.07) is 8.39. The zero-order valence-corrected chi connectivity index (χ0v) is 15.5. The molecule has 3 heteroatoms. The van der Waals surface area contributed by atoms with Crippen LogP contribution in [0.15, 0.2) is 30.5 Å². The van der Waals surface area contributed by atoms with Crippen molar-refractivity contribution in [2.45, 2.75) is 53.9 Å². The highest BCUT2D eigenvalue weighted by atomic mass is 16.2. The van der Waals surface area contributed by atoms with E-state index in [1.54, 1.807) is 0 Å². The van der Waals surface area contributed by atoms with Crippen LogP contribution in [0.5, 0.6) is 0 Å². The van der Waals surface area contributed by atoms with E-state index in [-0.39, 0.29) is 5.91 Å². The first-order valence-corrected chi connectivity index (χ1v) is 8.72. The summed E-state index contributed by atoms with van der Waals surface area (Å²) in [4.78, 5) is 17.9. The molecule has 2 aromatic rings. The number of nitrogens with zero attached hydrogens (tertiary/aromatic N) is 2. The van der Waals surface area contributed by atoms with Crippen molar-refractivity contribution in [2.75, 3.05) is 11.4 Å². The van der Waals surface area contributed by atoms with Crippen molar-refractivity contribution >= 4 is 11.6 Å². The van der Waals surface area contributed by atoms with Gasteiger partial charge in [-0.3, -0.25) is 9.78 Å². The van der Waals surface area contributed by atoms with Gasteiger partial charge in [0.2, 0.25) is 5.91 Å². The summed E-state index contributed by atoms with van der Waals surface area (Å²) in [5, 5.41) is 0. The molecule has 0 fully saturated rings. The number of aryl methyl sites for hydroxylation is 5. The zero-order valence-electron chi connectivity index (χ0n) is 15.5. The molecule has 1 aromatic heterocycles. The van der Waals surface area contributed by atoms with Crippen molar-refractivity contribution in [1.29, 1.82) is 0 Å². The lowest BCUT2D eigenvalue weighted by atomic mass is 9.98. The number of aromatic nitrogens is 1. The maximum Gasteiger partial charge on any atom is 0.226 e. The second kappa shape index (κ2) is 8.09. The molecular formula is C21H28N2O. The molecule has 0 saturated heterocycles. The third-order valence-corrected chi connectivity index (χ3v) is 4.53. The molecule has 0 radical (unpaired) electrons. The topological polar surface area (TPSA) is 33.2 Å². The molecule has 0 atom stereocenters. The lowest BCUT2D eigenvalue weighted by molar-refractivity contribution is -0.118. The first-order valence-electron chi connectivity index (χ1n) is 8.72. The number of hydrogen-bond acceptors (Lipinski definition) is 2. The van der Waals surface area contributed by atoms with Gasteiger partial charge >= 0.3 is 0 Å². The molecule has 0 bridgehead atoms. The summed E-state index contributed by atoms with van der Waals surface area (Å²) in [5.41, 5.74) is 7.38. The van der Waals surface area contributed by atoms with Crippen molar-refractivity contribution in [3.63, 3.8) is 0 Å². The first-order chi connectivity index (χ1) is 11.4. The minimum atomic E-state index is 0.241. The minimum absolute atomic E-state index is 0.241. The second-order valence-electron chi connectivity index (χ2n) is 6.50. The molecule has 24 heavy (non-hydrogen) atoms. The molecule has 0 unspecified atom stereocenters. The van der Waals surface area contributed by atoms with E-state index in [2.05, 4.69) is 50.0 Å².